The van der Waals surface area contributed by atoms with Gasteiger partial charge in [0.15, 0.2) is 0 Å². The van der Waals surface area contributed by atoms with Gasteiger partial charge >= 0.3 is 0 Å². The van der Waals surface area contributed by atoms with Crippen LogP contribution in [0.15, 0.2) is 15.9 Å². The molecule has 0 bridgehead atoms. The zero-order valence-corrected chi connectivity index (χ0v) is 10.8. The number of hydrogen-bond donors (Lipinski definition) is 1. The van der Waals surface area contributed by atoms with Crippen molar-refractivity contribution >= 4 is 27.3 Å². The van der Waals surface area contributed by atoms with E-state index in [1.54, 1.807) is 11.3 Å². The molecule has 4 heteroatoms. The maximum Gasteiger partial charge on any atom is 0.0701 e. The fraction of sp³-hybridized carbons (Fsp3) is 0.600. The fourth-order valence-corrected chi connectivity index (χ4v) is 2.83. The van der Waals surface area contributed by atoms with Gasteiger partial charge in [0, 0.05) is 24.6 Å². The van der Waals surface area contributed by atoms with Crippen molar-refractivity contribution in [2.45, 2.75) is 19.9 Å². The number of rotatable bonds is 6. The fourth-order valence-electron chi connectivity index (χ4n) is 1.30. The average molecular weight is 278 g/mol. The minimum Gasteiger partial charge on any atom is -0.396 e. The number of thiophene rings is 1. The van der Waals surface area contributed by atoms with Crippen molar-refractivity contribution in [1.82, 2.24) is 4.90 Å². The highest BCUT2D eigenvalue weighted by Gasteiger charge is 2.04. The molecule has 0 aromatic carbocycles. The third kappa shape index (κ3) is 4.09. The van der Waals surface area contributed by atoms with Gasteiger partial charge in [0.1, 0.15) is 0 Å². The number of nitrogens with zero attached hydrogens (tertiary/aromatic N) is 1. The van der Waals surface area contributed by atoms with Gasteiger partial charge in [0.25, 0.3) is 0 Å². The Morgan fingerprint density at radius 2 is 2.29 bits per heavy atom. The third-order valence-corrected chi connectivity index (χ3v) is 3.70. The lowest BCUT2D eigenvalue weighted by molar-refractivity contribution is 0.226. The first kappa shape index (κ1) is 12.2. The standard InChI is InChI=1S/C10H16BrNOS/c1-2-12(6-3-7-13)8-9-4-5-10(11)14-9/h4-5,13H,2-3,6-8H2,1H3. The van der Waals surface area contributed by atoms with Crippen molar-refractivity contribution in [3.8, 4) is 0 Å². The Hall–Kier alpha value is 0.1000. The highest BCUT2D eigenvalue weighted by Crippen LogP contribution is 2.23. The molecule has 1 aromatic rings. The number of aliphatic hydroxyl groups excluding tert-OH is 1. The number of hydrogen-bond acceptors (Lipinski definition) is 3. The monoisotopic (exact) mass is 277 g/mol. The van der Waals surface area contributed by atoms with Crippen LogP contribution in [0.2, 0.25) is 0 Å². The third-order valence-electron chi connectivity index (χ3n) is 2.09. The van der Waals surface area contributed by atoms with Gasteiger partial charge < -0.3 is 5.11 Å². The number of aliphatic hydroxyl groups is 1. The summed E-state index contributed by atoms with van der Waals surface area (Å²) in [6, 6.07) is 4.23. The van der Waals surface area contributed by atoms with Crippen molar-refractivity contribution < 1.29 is 5.11 Å². The van der Waals surface area contributed by atoms with E-state index >= 15 is 0 Å². The van der Waals surface area contributed by atoms with Crippen LogP contribution in [-0.2, 0) is 6.54 Å². The lowest BCUT2D eigenvalue weighted by atomic mass is 10.3. The summed E-state index contributed by atoms with van der Waals surface area (Å²) < 4.78 is 1.19. The highest BCUT2D eigenvalue weighted by atomic mass is 79.9. The average Bonchev–Trinajstić information content (AvgIpc) is 2.58. The molecule has 0 amide bonds. The van der Waals surface area contributed by atoms with E-state index in [1.165, 1.54) is 8.66 Å². The Morgan fingerprint density at radius 3 is 2.79 bits per heavy atom. The van der Waals surface area contributed by atoms with E-state index in [1.807, 2.05) is 0 Å². The van der Waals surface area contributed by atoms with Crippen LogP contribution in [-0.4, -0.2) is 29.7 Å². The van der Waals surface area contributed by atoms with Crippen molar-refractivity contribution in [3.63, 3.8) is 0 Å². The SMILES string of the molecule is CCN(CCCO)Cc1ccc(Br)s1. The predicted octanol–water partition coefficient (Wildman–Crippen LogP) is 2.71. The molecule has 0 spiro atoms. The largest absolute Gasteiger partial charge is 0.396 e. The van der Waals surface area contributed by atoms with Crippen molar-refractivity contribution in [2.75, 3.05) is 19.7 Å². The lowest BCUT2D eigenvalue weighted by Crippen LogP contribution is -2.24. The van der Waals surface area contributed by atoms with Crippen LogP contribution in [0.1, 0.15) is 18.2 Å². The van der Waals surface area contributed by atoms with E-state index < -0.39 is 0 Å². The molecule has 0 aliphatic rings. The maximum absolute atomic E-state index is 8.75. The first-order valence-electron chi connectivity index (χ1n) is 4.83. The molecule has 1 rings (SSSR count). The van der Waals surface area contributed by atoms with Crippen LogP contribution in [0.4, 0.5) is 0 Å². The van der Waals surface area contributed by atoms with Gasteiger partial charge in [-0.05, 0) is 41.0 Å². The molecule has 0 atom stereocenters. The van der Waals surface area contributed by atoms with Crippen molar-refractivity contribution in [1.29, 1.82) is 0 Å². The Kier molecular flexibility index (Phi) is 5.70. The quantitative estimate of drug-likeness (QED) is 0.865. The molecule has 1 N–H and O–H groups in total. The lowest BCUT2D eigenvalue weighted by Gasteiger charge is -2.18. The van der Waals surface area contributed by atoms with E-state index in [9.17, 15) is 0 Å². The zero-order valence-electron chi connectivity index (χ0n) is 8.37. The molecule has 1 heterocycles. The van der Waals surface area contributed by atoms with Gasteiger partial charge in [0.05, 0.1) is 3.79 Å². The van der Waals surface area contributed by atoms with Crippen molar-refractivity contribution in [2.24, 2.45) is 0 Å². The minimum absolute atomic E-state index is 0.282. The molecule has 0 aliphatic carbocycles. The van der Waals surface area contributed by atoms with Gasteiger partial charge in [0.2, 0.25) is 0 Å². The highest BCUT2D eigenvalue weighted by molar-refractivity contribution is 9.11. The molecular weight excluding hydrogens is 262 g/mol. The minimum atomic E-state index is 0.282. The summed E-state index contributed by atoms with van der Waals surface area (Å²) in [5.41, 5.74) is 0. The Balaban J connectivity index is 2.40. The van der Waals surface area contributed by atoms with Gasteiger partial charge in [-0.3, -0.25) is 4.90 Å². The predicted molar refractivity (Wildman–Crippen MR) is 64.7 cm³/mol. The van der Waals surface area contributed by atoms with Crippen LogP contribution in [0, 0.1) is 0 Å². The van der Waals surface area contributed by atoms with Gasteiger partial charge in [-0.25, -0.2) is 0 Å². The Morgan fingerprint density at radius 1 is 1.50 bits per heavy atom. The second kappa shape index (κ2) is 6.56. The van der Waals surface area contributed by atoms with Gasteiger partial charge in [-0.1, -0.05) is 6.92 Å². The van der Waals surface area contributed by atoms with Crippen LogP contribution >= 0.6 is 27.3 Å². The van der Waals surface area contributed by atoms with Crippen LogP contribution in [0.25, 0.3) is 0 Å². The first-order chi connectivity index (χ1) is 6.76. The summed E-state index contributed by atoms with van der Waals surface area (Å²) >= 11 is 5.23. The second-order valence-electron chi connectivity index (χ2n) is 3.15. The number of halogens is 1. The summed E-state index contributed by atoms with van der Waals surface area (Å²) in [5.74, 6) is 0. The summed E-state index contributed by atoms with van der Waals surface area (Å²) in [4.78, 5) is 3.71. The summed E-state index contributed by atoms with van der Waals surface area (Å²) in [5, 5.41) is 8.75. The first-order valence-corrected chi connectivity index (χ1v) is 6.44. The Labute approximate surface area is 97.7 Å². The molecule has 0 fully saturated rings. The molecule has 0 saturated carbocycles. The van der Waals surface area contributed by atoms with E-state index in [2.05, 4.69) is 39.9 Å². The Bertz CT molecular complexity index is 264. The van der Waals surface area contributed by atoms with Crippen LogP contribution < -0.4 is 0 Å². The molecule has 14 heavy (non-hydrogen) atoms. The summed E-state index contributed by atoms with van der Waals surface area (Å²) in [7, 11) is 0. The van der Waals surface area contributed by atoms with Crippen LogP contribution in [0.5, 0.6) is 0 Å². The topological polar surface area (TPSA) is 23.5 Å². The molecule has 0 radical (unpaired) electrons. The molecule has 2 nitrogen and oxygen atoms in total. The molecule has 0 unspecified atom stereocenters. The van der Waals surface area contributed by atoms with Gasteiger partial charge in [-0.2, -0.15) is 0 Å². The maximum atomic E-state index is 8.75. The smallest absolute Gasteiger partial charge is 0.0701 e. The molecular formula is C10H16BrNOS. The zero-order chi connectivity index (χ0) is 10.4. The van der Waals surface area contributed by atoms with E-state index in [0.29, 0.717) is 0 Å². The normalized spacial score (nSPS) is 11.1. The molecule has 0 aliphatic heterocycles. The van der Waals surface area contributed by atoms with Gasteiger partial charge in [-0.15, -0.1) is 11.3 Å². The van der Waals surface area contributed by atoms with Crippen LogP contribution in [0.3, 0.4) is 0 Å². The van der Waals surface area contributed by atoms with E-state index in [0.717, 1.165) is 26.1 Å². The molecule has 0 saturated heterocycles. The summed E-state index contributed by atoms with van der Waals surface area (Å²) in [6.45, 7) is 5.44. The van der Waals surface area contributed by atoms with E-state index in [4.69, 9.17) is 5.11 Å². The molecule has 80 valence electrons. The second-order valence-corrected chi connectivity index (χ2v) is 5.70. The van der Waals surface area contributed by atoms with E-state index in [-0.39, 0.29) is 6.61 Å². The summed E-state index contributed by atoms with van der Waals surface area (Å²) in [6.07, 6.45) is 0.861. The van der Waals surface area contributed by atoms with Crippen molar-refractivity contribution in [3.05, 3.63) is 20.8 Å². The molecule has 1 aromatic heterocycles.